The molecule has 3 fully saturated rings. The molecule has 1 saturated heterocycles. The molecule has 2 bridgehead atoms. The molecule has 0 amide bonds. The van der Waals surface area contributed by atoms with Gasteiger partial charge in [0, 0.05) is 29.3 Å². The first-order chi connectivity index (χ1) is 18.0. The lowest BCUT2D eigenvalue weighted by molar-refractivity contribution is -0.00561. The van der Waals surface area contributed by atoms with Gasteiger partial charge in [0.15, 0.2) is 0 Å². The van der Waals surface area contributed by atoms with Gasteiger partial charge in [0.1, 0.15) is 11.5 Å². The van der Waals surface area contributed by atoms with E-state index < -0.39 is 0 Å². The summed E-state index contributed by atoms with van der Waals surface area (Å²) in [7, 11) is 1.77. The smallest absolute Gasteiger partial charge is 0.142 e. The molecule has 194 valence electrons. The lowest BCUT2D eigenvalue weighted by atomic mass is 9.39. The number of benzene rings is 3. The third-order valence-corrected chi connectivity index (χ3v) is 10.6. The number of hydrogen-bond acceptors (Lipinski definition) is 4. The van der Waals surface area contributed by atoms with Crippen LogP contribution in [0.1, 0.15) is 63.5 Å². The van der Waals surface area contributed by atoms with E-state index in [1.54, 1.807) is 7.11 Å². The van der Waals surface area contributed by atoms with Crippen LogP contribution in [0.3, 0.4) is 0 Å². The molecule has 1 aliphatic heterocycles. The molecule has 0 aromatic heterocycles. The van der Waals surface area contributed by atoms with Gasteiger partial charge in [0.25, 0.3) is 0 Å². The van der Waals surface area contributed by atoms with Crippen LogP contribution < -0.4 is 9.64 Å². The Morgan fingerprint density at radius 2 is 1.57 bits per heavy atom. The standard InChI is InChI=1S/C33H39NO3/c1-32(2)26-13-5-4-12-23(26)31-25-19-30(36-3)28(34-14-16-37-17-15-34)18-24(25)29(35)20-27(31)33(32)21-8-6-9-22(33)11-7-10-21/h4-5,12-13,18-22,35H,6-11,14-17H2,1-3H3. The van der Waals surface area contributed by atoms with Crippen LogP contribution in [-0.2, 0) is 15.6 Å². The third-order valence-electron chi connectivity index (χ3n) is 10.6. The van der Waals surface area contributed by atoms with E-state index in [4.69, 9.17) is 9.47 Å². The number of phenols is 1. The summed E-state index contributed by atoms with van der Waals surface area (Å²) in [6.07, 6.45) is 7.83. The molecule has 1 heterocycles. The number of ether oxygens (including phenoxy) is 2. The minimum absolute atomic E-state index is 0.00921. The van der Waals surface area contributed by atoms with Crippen LogP contribution in [0, 0.1) is 11.8 Å². The highest BCUT2D eigenvalue weighted by Gasteiger charge is 2.62. The highest BCUT2D eigenvalue weighted by molar-refractivity contribution is 6.06. The first-order valence-corrected chi connectivity index (χ1v) is 14.3. The highest BCUT2D eigenvalue weighted by atomic mass is 16.5. The van der Waals surface area contributed by atoms with Gasteiger partial charge >= 0.3 is 0 Å². The summed E-state index contributed by atoms with van der Waals surface area (Å²) in [5, 5.41) is 13.8. The maximum Gasteiger partial charge on any atom is 0.142 e. The van der Waals surface area contributed by atoms with Crippen molar-refractivity contribution in [2.24, 2.45) is 11.8 Å². The van der Waals surface area contributed by atoms with Gasteiger partial charge in [0.2, 0.25) is 0 Å². The van der Waals surface area contributed by atoms with E-state index in [1.807, 2.05) is 0 Å². The Labute approximate surface area is 220 Å². The average Bonchev–Trinajstić information content (AvgIpc) is 2.91. The lowest BCUT2D eigenvalue weighted by Gasteiger charge is -2.64. The lowest BCUT2D eigenvalue weighted by Crippen LogP contribution is -2.60. The zero-order valence-corrected chi connectivity index (χ0v) is 22.5. The number of methoxy groups -OCH3 is 1. The minimum Gasteiger partial charge on any atom is -0.507 e. The Morgan fingerprint density at radius 1 is 0.892 bits per heavy atom. The molecule has 7 rings (SSSR count). The van der Waals surface area contributed by atoms with Crippen LogP contribution >= 0.6 is 0 Å². The van der Waals surface area contributed by atoms with Crippen LogP contribution in [-0.4, -0.2) is 38.5 Å². The van der Waals surface area contributed by atoms with Gasteiger partial charge in [-0.15, -0.1) is 0 Å². The average molecular weight is 498 g/mol. The maximum absolute atomic E-state index is 11.7. The van der Waals surface area contributed by atoms with Gasteiger partial charge in [-0.3, -0.25) is 0 Å². The summed E-state index contributed by atoms with van der Waals surface area (Å²) in [5.74, 6) is 2.58. The molecule has 0 radical (unpaired) electrons. The zero-order chi connectivity index (χ0) is 25.4. The molecule has 37 heavy (non-hydrogen) atoms. The number of nitrogens with zero attached hydrogens (tertiary/aromatic N) is 1. The van der Waals surface area contributed by atoms with Gasteiger partial charge in [-0.25, -0.2) is 0 Å². The van der Waals surface area contributed by atoms with Crippen molar-refractivity contribution in [2.75, 3.05) is 38.3 Å². The molecule has 1 spiro atoms. The molecule has 4 aliphatic rings. The fourth-order valence-corrected chi connectivity index (χ4v) is 9.27. The number of anilines is 1. The summed E-state index contributed by atoms with van der Waals surface area (Å²) in [6.45, 7) is 8.08. The van der Waals surface area contributed by atoms with Crippen molar-refractivity contribution in [3.8, 4) is 22.6 Å². The summed E-state index contributed by atoms with van der Waals surface area (Å²) in [4.78, 5) is 2.32. The van der Waals surface area contributed by atoms with E-state index in [1.165, 1.54) is 60.8 Å². The molecule has 1 N–H and O–H groups in total. The summed E-state index contributed by atoms with van der Waals surface area (Å²) >= 11 is 0. The first-order valence-electron chi connectivity index (χ1n) is 14.3. The van der Waals surface area contributed by atoms with E-state index in [0.717, 1.165) is 35.3 Å². The number of morpholine rings is 1. The van der Waals surface area contributed by atoms with Crippen LogP contribution in [0.15, 0.2) is 42.5 Å². The predicted molar refractivity (Wildman–Crippen MR) is 150 cm³/mol. The quantitative estimate of drug-likeness (QED) is 0.407. The number of aromatic hydroxyl groups is 1. The van der Waals surface area contributed by atoms with Crippen molar-refractivity contribution in [2.45, 2.75) is 63.2 Å². The van der Waals surface area contributed by atoms with E-state index >= 15 is 0 Å². The van der Waals surface area contributed by atoms with Crippen molar-refractivity contribution in [3.63, 3.8) is 0 Å². The molecule has 2 saturated carbocycles. The van der Waals surface area contributed by atoms with E-state index in [9.17, 15) is 5.11 Å². The molecule has 3 aromatic rings. The van der Waals surface area contributed by atoms with Gasteiger partial charge in [-0.1, -0.05) is 51.0 Å². The second-order valence-corrected chi connectivity index (χ2v) is 12.3. The van der Waals surface area contributed by atoms with Crippen molar-refractivity contribution in [1.29, 1.82) is 0 Å². The molecule has 3 aromatic carbocycles. The molecule has 3 aliphatic carbocycles. The normalized spacial score (nSPS) is 28.1. The minimum atomic E-state index is -0.00921. The topological polar surface area (TPSA) is 41.9 Å². The SMILES string of the molecule is COc1cc2c3c(cc(O)c2cc1N1CCOCC1)C1(C2CCCC1CCC2)C(C)(C)c1ccccc1-3. The second-order valence-electron chi connectivity index (χ2n) is 12.3. The van der Waals surface area contributed by atoms with Crippen molar-refractivity contribution in [3.05, 3.63) is 53.6 Å². The molecule has 0 atom stereocenters. The fourth-order valence-electron chi connectivity index (χ4n) is 9.27. The van der Waals surface area contributed by atoms with Crippen LogP contribution in [0.2, 0.25) is 0 Å². The van der Waals surface area contributed by atoms with E-state index in [-0.39, 0.29) is 10.8 Å². The Balaban J connectivity index is 1.57. The number of rotatable bonds is 2. The summed E-state index contributed by atoms with van der Waals surface area (Å²) in [5.41, 5.74) is 6.57. The number of phenolic OH excluding ortho intramolecular Hbond substituents is 1. The fraction of sp³-hybridized carbons (Fsp3) is 0.515. The molecular formula is C33H39NO3. The monoisotopic (exact) mass is 497 g/mol. The van der Waals surface area contributed by atoms with Gasteiger partial charge < -0.3 is 19.5 Å². The van der Waals surface area contributed by atoms with Gasteiger partial charge in [0.05, 0.1) is 26.0 Å². The van der Waals surface area contributed by atoms with Crippen molar-refractivity contribution in [1.82, 2.24) is 0 Å². The van der Waals surface area contributed by atoms with Gasteiger partial charge in [-0.05, 0) is 83.4 Å². The predicted octanol–water partition coefficient (Wildman–Crippen LogP) is 7.19. The van der Waals surface area contributed by atoms with Crippen LogP contribution in [0.4, 0.5) is 5.69 Å². The second kappa shape index (κ2) is 8.39. The van der Waals surface area contributed by atoms with E-state index in [0.29, 0.717) is 30.8 Å². The Kier molecular flexibility index (Phi) is 5.31. The Morgan fingerprint density at radius 3 is 2.24 bits per heavy atom. The van der Waals surface area contributed by atoms with Crippen molar-refractivity contribution >= 4 is 16.5 Å². The molecule has 4 nitrogen and oxygen atoms in total. The van der Waals surface area contributed by atoms with E-state index in [2.05, 4.69) is 61.2 Å². The Hall–Kier alpha value is -2.72. The maximum atomic E-state index is 11.7. The zero-order valence-electron chi connectivity index (χ0n) is 22.5. The number of hydrogen-bond donors (Lipinski definition) is 1. The molecular weight excluding hydrogens is 458 g/mol. The summed E-state index contributed by atoms with van der Waals surface area (Å²) in [6, 6.07) is 15.6. The molecule has 4 heteroatoms. The molecule has 0 unspecified atom stereocenters. The van der Waals surface area contributed by atoms with Gasteiger partial charge in [-0.2, -0.15) is 0 Å². The first kappa shape index (κ1) is 23.4. The van der Waals surface area contributed by atoms with Crippen molar-refractivity contribution < 1.29 is 14.6 Å². The number of fused-ring (bicyclic) bond motifs is 5. The largest absolute Gasteiger partial charge is 0.507 e. The highest BCUT2D eigenvalue weighted by Crippen LogP contribution is 2.68. The third kappa shape index (κ3) is 3.05. The van der Waals surface area contributed by atoms with Crippen LogP contribution in [0.25, 0.3) is 21.9 Å². The Bertz CT molecular complexity index is 1350. The summed E-state index contributed by atoms with van der Waals surface area (Å²) < 4.78 is 11.6. The van der Waals surface area contributed by atoms with Crippen LogP contribution in [0.5, 0.6) is 11.5 Å².